The Labute approximate surface area is 201 Å². The van der Waals surface area contributed by atoms with Gasteiger partial charge in [0, 0.05) is 30.8 Å². The van der Waals surface area contributed by atoms with Crippen LogP contribution in [0.15, 0.2) is 54.6 Å². The summed E-state index contributed by atoms with van der Waals surface area (Å²) in [6.07, 6.45) is 0.591. The van der Waals surface area contributed by atoms with E-state index >= 15 is 4.39 Å². The minimum atomic E-state index is -2.32. The van der Waals surface area contributed by atoms with Crippen LogP contribution < -0.4 is 0 Å². The van der Waals surface area contributed by atoms with Gasteiger partial charge in [-0.1, -0.05) is 61.5 Å². The molecule has 1 heterocycles. The molecule has 9 heteroatoms. The van der Waals surface area contributed by atoms with E-state index in [-0.39, 0.29) is 24.7 Å². The average Bonchev–Trinajstić information content (AvgIpc) is 3.03. The molecule has 5 nitrogen and oxygen atoms in total. The van der Waals surface area contributed by atoms with Crippen LogP contribution in [0.2, 0.25) is 0 Å². The third-order valence-corrected chi connectivity index (χ3v) is 7.47. The van der Waals surface area contributed by atoms with Crippen molar-refractivity contribution in [1.82, 2.24) is 9.21 Å². The molecule has 0 aliphatic carbocycles. The number of halogens is 1. The molecule has 5 unspecified atom stereocenters. The van der Waals surface area contributed by atoms with Gasteiger partial charge >= 0.3 is 0 Å². The molecule has 0 saturated carbocycles. The van der Waals surface area contributed by atoms with Gasteiger partial charge in [-0.25, -0.2) is 8.60 Å². The number of hydrogen-bond acceptors (Lipinski definition) is 2. The van der Waals surface area contributed by atoms with Crippen LogP contribution in [0.5, 0.6) is 0 Å². The Kier molecular flexibility index (Phi) is 7.95. The highest BCUT2D eigenvalue weighted by atomic mass is 32.2. The highest BCUT2D eigenvalue weighted by Gasteiger charge is 2.51. The highest BCUT2D eigenvalue weighted by Crippen LogP contribution is 2.39. The normalized spacial score (nSPS) is 23.7. The van der Waals surface area contributed by atoms with Crippen molar-refractivity contribution in [2.75, 3.05) is 13.6 Å². The molecule has 1 N–H and O–H groups in total. The fourth-order valence-electron chi connectivity index (χ4n) is 4.51. The molecule has 174 valence electrons. The maximum Gasteiger partial charge on any atom is 0.249 e. The van der Waals surface area contributed by atoms with Gasteiger partial charge in [0.2, 0.25) is 17.2 Å². The number of rotatable bonds is 7. The lowest BCUT2D eigenvalue weighted by atomic mass is 9.79. The monoisotopic (exact) mass is 486 g/mol. The molecule has 33 heavy (non-hydrogen) atoms. The molecule has 1 aliphatic heterocycles. The minimum absolute atomic E-state index is 0.131. The molecule has 5 atom stereocenters. The van der Waals surface area contributed by atoms with E-state index in [1.165, 1.54) is 11.4 Å². The van der Waals surface area contributed by atoms with Gasteiger partial charge in [-0.2, -0.15) is 4.31 Å². The zero-order chi connectivity index (χ0) is 24.5. The van der Waals surface area contributed by atoms with Gasteiger partial charge in [-0.05, 0) is 35.9 Å². The van der Waals surface area contributed by atoms with Crippen LogP contribution in [-0.4, -0.2) is 62.5 Å². The van der Waals surface area contributed by atoms with Crippen molar-refractivity contribution in [1.29, 1.82) is 0 Å². The van der Waals surface area contributed by atoms with E-state index in [1.54, 1.807) is 23.1 Å². The molecule has 1 fully saturated rings. The molecule has 1 saturated heterocycles. The summed E-state index contributed by atoms with van der Waals surface area (Å²) in [6, 6.07) is 11.4. The number of likely N-dealkylation sites (tertiary alicyclic amines) is 1. The van der Waals surface area contributed by atoms with E-state index in [0.717, 1.165) is 11.1 Å². The van der Waals surface area contributed by atoms with Gasteiger partial charge < -0.3 is 4.90 Å². The van der Waals surface area contributed by atoms with E-state index in [4.69, 9.17) is 7.85 Å². The van der Waals surface area contributed by atoms with Crippen LogP contribution >= 0.6 is 9.24 Å². The summed E-state index contributed by atoms with van der Waals surface area (Å²) in [5.41, 5.74) is 3.06. The number of nitrogens with zero attached hydrogens (tertiary/aromatic N) is 2. The van der Waals surface area contributed by atoms with Gasteiger partial charge in [-0.15, -0.1) is 9.24 Å². The van der Waals surface area contributed by atoms with Crippen LogP contribution in [0.3, 0.4) is 0 Å². The second kappa shape index (κ2) is 10.2. The summed E-state index contributed by atoms with van der Waals surface area (Å²) in [7, 11) is 10.5. The highest BCUT2D eigenvalue weighted by molar-refractivity contribution is 7.76. The lowest BCUT2D eigenvalue weighted by Crippen LogP contribution is -2.52. The largest absolute Gasteiger partial charge is 0.334 e. The van der Waals surface area contributed by atoms with Crippen LogP contribution in [0.1, 0.15) is 24.5 Å². The predicted octanol–water partition coefficient (Wildman–Crippen LogP) is 3.70. The quantitative estimate of drug-likeness (QED) is 0.281. The van der Waals surface area contributed by atoms with Crippen molar-refractivity contribution >= 4 is 34.3 Å². The number of hydrogen-bond donors (Lipinski definition) is 1. The summed E-state index contributed by atoms with van der Waals surface area (Å²) in [4.78, 5) is 14.7. The number of carbonyl (C=O) groups is 1. The van der Waals surface area contributed by atoms with Crippen LogP contribution in [0.4, 0.5) is 4.39 Å². The van der Waals surface area contributed by atoms with E-state index in [0.29, 0.717) is 23.1 Å². The van der Waals surface area contributed by atoms with Gasteiger partial charge in [0.1, 0.15) is 5.82 Å². The zero-order valence-electron chi connectivity index (χ0n) is 19.1. The second-order valence-electron chi connectivity index (χ2n) is 8.64. The van der Waals surface area contributed by atoms with E-state index in [9.17, 15) is 13.6 Å². The zero-order valence-corrected chi connectivity index (χ0v) is 21.1. The lowest BCUT2D eigenvalue weighted by molar-refractivity contribution is -0.128. The Morgan fingerprint density at radius 2 is 2.06 bits per heavy atom. The first-order valence-electron chi connectivity index (χ1n) is 10.7. The molecule has 0 spiro atoms. The Hall–Kier alpha value is -1.86. The third kappa shape index (κ3) is 5.30. The fraction of sp³-hybridized carbons (Fsp3) is 0.375. The molecular weight excluding hydrogens is 457 g/mol. The SMILES string of the molecule is [B]C1(P)CN(C(=O)C(=C)CC)C(Cc2cccc(-c3cccc(C)c3)c2F)C1N(C)S(=O)O. The molecular formula is C24H29BFN2O3PS. The summed E-state index contributed by atoms with van der Waals surface area (Å²) in [5.74, 6) is -0.663. The van der Waals surface area contributed by atoms with E-state index in [2.05, 4.69) is 15.8 Å². The van der Waals surface area contributed by atoms with Crippen LogP contribution in [0, 0.1) is 12.7 Å². The summed E-state index contributed by atoms with van der Waals surface area (Å²) in [5, 5.41) is -1.06. The van der Waals surface area contributed by atoms with Gasteiger partial charge in [0.15, 0.2) is 0 Å². The van der Waals surface area contributed by atoms with Crippen molar-refractivity contribution in [2.24, 2.45) is 0 Å². The second-order valence-corrected chi connectivity index (χ2v) is 10.8. The summed E-state index contributed by atoms with van der Waals surface area (Å²) in [6.45, 7) is 7.77. The van der Waals surface area contributed by atoms with Crippen molar-refractivity contribution < 1.29 is 17.9 Å². The molecule has 0 aromatic heterocycles. The Bertz CT molecular complexity index is 1100. The van der Waals surface area contributed by atoms with Crippen LogP contribution in [-0.2, 0) is 22.5 Å². The van der Waals surface area contributed by atoms with Crippen molar-refractivity contribution in [3.63, 3.8) is 0 Å². The molecule has 3 rings (SSSR count). The number of amides is 1. The van der Waals surface area contributed by atoms with Crippen molar-refractivity contribution in [3.8, 4) is 11.1 Å². The topological polar surface area (TPSA) is 60.9 Å². The summed E-state index contributed by atoms with van der Waals surface area (Å²) < 4.78 is 38.7. The maximum atomic E-state index is 15.7. The fourth-order valence-corrected chi connectivity index (χ4v) is 5.79. The van der Waals surface area contributed by atoms with Crippen molar-refractivity contribution in [3.05, 3.63) is 71.6 Å². The standard InChI is InChI=1S/C24H29BFN2O3PS/c1-5-16(3)23(29)28-14-24(25,32)22(27(4)33(30)31)20(28)13-18-10-7-11-19(21(18)26)17-9-6-8-15(2)12-17/h6-12,20,22H,3,5,13-14,32H2,1-2,4H3,(H,30,31). The predicted molar refractivity (Wildman–Crippen MR) is 136 cm³/mol. The number of benzene rings is 2. The lowest BCUT2D eigenvalue weighted by Gasteiger charge is -2.35. The van der Waals surface area contributed by atoms with Gasteiger partial charge in [0.25, 0.3) is 0 Å². The first-order valence-corrected chi connectivity index (χ1v) is 12.4. The molecule has 2 aromatic rings. The Morgan fingerprint density at radius 1 is 1.39 bits per heavy atom. The van der Waals surface area contributed by atoms with E-state index in [1.807, 2.05) is 38.1 Å². The minimum Gasteiger partial charge on any atom is -0.334 e. The molecule has 1 amide bonds. The third-order valence-electron chi connectivity index (χ3n) is 6.22. The number of aryl methyl sites for hydroxylation is 1. The molecule has 0 bridgehead atoms. The number of likely N-dealkylation sites (N-methyl/N-ethyl adjacent to an activating group) is 1. The van der Waals surface area contributed by atoms with E-state index < -0.39 is 28.4 Å². The first kappa shape index (κ1) is 25.8. The van der Waals surface area contributed by atoms with Gasteiger partial charge in [0.05, 0.1) is 13.9 Å². The number of carbonyl (C=O) groups excluding carboxylic acids is 1. The first-order chi connectivity index (χ1) is 15.5. The average molecular weight is 486 g/mol. The van der Waals surface area contributed by atoms with Crippen molar-refractivity contribution in [2.45, 2.75) is 43.8 Å². The maximum absolute atomic E-state index is 15.7. The smallest absolute Gasteiger partial charge is 0.249 e. The summed E-state index contributed by atoms with van der Waals surface area (Å²) >= 11 is -2.32. The Balaban J connectivity index is 2.06. The molecule has 2 radical (unpaired) electrons. The molecule has 2 aromatic carbocycles. The molecule has 1 aliphatic rings. The Morgan fingerprint density at radius 3 is 2.67 bits per heavy atom. The van der Waals surface area contributed by atoms with Gasteiger partial charge in [-0.3, -0.25) is 9.35 Å². The van der Waals surface area contributed by atoms with Crippen LogP contribution in [0.25, 0.3) is 11.1 Å².